The van der Waals surface area contributed by atoms with Gasteiger partial charge in [-0.25, -0.2) is 4.98 Å². The molecule has 0 bridgehead atoms. The Labute approximate surface area is 139 Å². The number of rotatable bonds is 7. The Balaban J connectivity index is 2.12. The summed E-state index contributed by atoms with van der Waals surface area (Å²) in [5.74, 6) is 0.713. The van der Waals surface area contributed by atoms with Gasteiger partial charge in [0.2, 0.25) is 5.28 Å². The van der Waals surface area contributed by atoms with Crippen molar-refractivity contribution in [1.82, 2.24) is 9.97 Å². The Bertz CT molecular complexity index is 756. The van der Waals surface area contributed by atoms with Crippen LogP contribution >= 0.6 is 11.6 Å². The van der Waals surface area contributed by atoms with Gasteiger partial charge in [-0.1, -0.05) is 18.2 Å². The van der Waals surface area contributed by atoms with Gasteiger partial charge in [0.1, 0.15) is 12.7 Å². The van der Waals surface area contributed by atoms with Crippen LogP contribution in [0.15, 0.2) is 36.5 Å². The van der Waals surface area contributed by atoms with Gasteiger partial charge in [-0.15, -0.1) is 0 Å². The lowest BCUT2D eigenvalue weighted by Crippen LogP contribution is -2.22. The largest absolute Gasteiger partial charge is 0.483 e. The van der Waals surface area contributed by atoms with Crippen molar-refractivity contribution in [2.45, 2.75) is 13.0 Å². The minimum Gasteiger partial charge on any atom is -0.483 e. The number of nitrogens with one attached hydrogen (secondary N) is 1. The third kappa shape index (κ3) is 6.01. The third-order valence-electron chi connectivity index (χ3n) is 2.61. The summed E-state index contributed by atoms with van der Waals surface area (Å²) in [7, 11) is -3.52. The molecule has 7 nitrogen and oxygen atoms in total. The number of para-hydroxylation sites is 1. The zero-order chi connectivity index (χ0) is 16.9. The first-order valence-electron chi connectivity index (χ1n) is 6.69. The first-order valence-corrected chi connectivity index (χ1v) is 8.88. The number of benzene rings is 1. The standard InChI is InChI=1S/C14H16ClN3O4S/c1-10(9-21-23(2,19)20)22-12-8-16-14(15)18-13(12)17-11-6-4-3-5-7-11/h3-8,10H,9H2,1-2H3,(H,16,17,18). The van der Waals surface area contributed by atoms with Crippen LogP contribution in [0, 0.1) is 0 Å². The number of hydrogen-bond acceptors (Lipinski definition) is 7. The van der Waals surface area contributed by atoms with Crippen LogP contribution in [-0.2, 0) is 14.3 Å². The maximum absolute atomic E-state index is 11.0. The summed E-state index contributed by atoms with van der Waals surface area (Å²) in [6, 6.07) is 9.34. The molecule has 0 saturated heterocycles. The summed E-state index contributed by atoms with van der Waals surface area (Å²) in [5.41, 5.74) is 0.798. The van der Waals surface area contributed by atoms with Crippen molar-refractivity contribution < 1.29 is 17.3 Å². The monoisotopic (exact) mass is 357 g/mol. The highest BCUT2D eigenvalue weighted by atomic mass is 35.5. The molecule has 0 aliphatic heterocycles. The number of halogens is 1. The van der Waals surface area contributed by atoms with E-state index in [1.807, 2.05) is 30.3 Å². The average Bonchev–Trinajstić information content (AvgIpc) is 2.48. The number of aromatic nitrogens is 2. The van der Waals surface area contributed by atoms with Crippen molar-refractivity contribution in [2.75, 3.05) is 18.2 Å². The quantitative estimate of drug-likeness (QED) is 0.601. The van der Waals surface area contributed by atoms with E-state index in [1.165, 1.54) is 6.20 Å². The van der Waals surface area contributed by atoms with Crippen molar-refractivity contribution in [3.63, 3.8) is 0 Å². The van der Waals surface area contributed by atoms with Crippen molar-refractivity contribution in [3.05, 3.63) is 41.8 Å². The second kappa shape index (κ2) is 7.58. The lowest BCUT2D eigenvalue weighted by Gasteiger charge is -2.17. The highest BCUT2D eigenvalue weighted by Gasteiger charge is 2.14. The first-order chi connectivity index (χ1) is 10.8. The molecule has 1 aromatic heterocycles. The predicted octanol–water partition coefficient (Wildman–Crippen LogP) is 2.62. The Morgan fingerprint density at radius 3 is 2.65 bits per heavy atom. The molecule has 124 valence electrons. The topological polar surface area (TPSA) is 90.4 Å². The summed E-state index contributed by atoms with van der Waals surface area (Å²) < 4.78 is 32.4. The fraction of sp³-hybridized carbons (Fsp3) is 0.286. The second-order valence-electron chi connectivity index (χ2n) is 4.76. The molecule has 0 saturated carbocycles. The van der Waals surface area contributed by atoms with Gasteiger partial charge in [-0.2, -0.15) is 13.4 Å². The summed E-state index contributed by atoms with van der Waals surface area (Å²) in [4.78, 5) is 7.96. The van der Waals surface area contributed by atoms with E-state index in [0.29, 0.717) is 11.6 Å². The number of anilines is 2. The molecule has 0 aliphatic carbocycles. The molecule has 0 radical (unpaired) electrons. The predicted molar refractivity (Wildman–Crippen MR) is 87.7 cm³/mol. The molecule has 0 spiro atoms. The van der Waals surface area contributed by atoms with E-state index in [9.17, 15) is 8.42 Å². The minimum atomic E-state index is -3.52. The maximum Gasteiger partial charge on any atom is 0.264 e. The molecular weight excluding hydrogens is 342 g/mol. The molecule has 1 atom stereocenters. The maximum atomic E-state index is 11.0. The van der Waals surface area contributed by atoms with Crippen LogP contribution in [0.25, 0.3) is 0 Å². The molecule has 1 aromatic carbocycles. The fourth-order valence-corrected chi connectivity index (χ4v) is 2.23. The summed E-state index contributed by atoms with van der Waals surface area (Å²) in [5, 5.41) is 3.14. The van der Waals surface area contributed by atoms with E-state index in [2.05, 4.69) is 15.3 Å². The highest BCUT2D eigenvalue weighted by Crippen LogP contribution is 2.26. The summed E-state index contributed by atoms with van der Waals surface area (Å²) in [6.07, 6.45) is 1.87. The molecular formula is C14H16ClN3O4S. The minimum absolute atomic E-state index is 0.0656. The summed E-state index contributed by atoms with van der Waals surface area (Å²) >= 11 is 5.82. The zero-order valence-electron chi connectivity index (χ0n) is 12.6. The Kier molecular flexibility index (Phi) is 5.75. The molecule has 2 aromatic rings. The van der Waals surface area contributed by atoms with Crippen LogP contribution < -0.4 is 10.1 Å². The molecule has 1 unspecified atom stereocenters. The van der Waals surface area contributed by atoms with Gasteiger partial charge in [0.25, 0.3) is 10.1 Å². The van der Waals surface area contributed by atoms with E-state index in [1.54, 1.807) is 6.92 Å². The van der Waals surface area contributed by atoms with Gasteiger partial charge in [0.05, 0.1) is 12.5 Å². The van der Waals surface area contributed by atoms with Gasteiger partial charge in [-0.05, 0) is 30.7 Å². The Morgan fingerprint density at radius 2 is 2.00 bits per heavy atom. The van der Waals surface area contributed by atoms with Crippen LogP contribution in [0.4, 0.5) is 11.5 Å². The number of ether oxygens (including phenoxy) is 1. The Morgan fingerprint density at radius 1 is 1.30 bits per heavy atom. The lowest BCUT2D eigenvalue weighted by atomic mass is 10.3. The van der Waals surface area contributed by atoms with Crippen LogP contribution in [0.1, 0.15) is 6.92 Å². The van der Waals surface area contributed by atoms with Crippen molar-refractivity contribution in [3.8, 4) is 5.75 Å². The average molecular weight is 358 g/mol. The van der Waals surface area contributed by atoms with Crippen molar-refractivity contribution in [2.24, 2.45) is 0 Å². The van der Waals surface area contributed by atoms with E-state index >= 15 is 0 Å². The van der Waals surface area contributed by atoms with Crippen LogP contribution in [0.3, 0.4) is 0 Å². The molecule has 0 fully saturated rings. The first kappa shape index (κ1) is 17.5. The van der Waals surface area contributed by atoms with Gasteiger partial charge in [0, 0.05) is 5.69 Å². The van der Waals surface area contributed by atoms with Gasteiger partial charge < -0.3 is 10.1 Å². The van der Waals surface area contributed by atoms with E-state index < -0.39 is 16.2 Å². The van der Waals surface area contributed by atoms with E-state index in [-0.39, 0.29) is 11.9 Å². The summed E-state index contributed by atoms with van der Waals surface area (Å²) in [6.45, 7) is 1.55. The second-order valence-corrected chi connectivity index (χ2v) is 6.74. The SMILES string of the molecule is CC(COS(C)(=O)=O)Oc1cnc(Cl)nc1Nc1ccccc1. The van der Waals surface area contributed by atoms with E-state index in [0.717, 1.165) is 11.9 Å². The lowest BCUT2D eigenvalue weighted by molar-refractivity contribution is 0.147. The zero-order valence-corrected chi connectivity index (χ0v) is 14.1. The van der Waals surface area contributed by atoms with E-state index in [4.69, 9.17) is 20.5 Å². The molecule has 0 aliphatic rings. The van der Waals surface area contributed by atoms with Crippen LogP contribution in [-0.4, -0.2) is 37.4 Å². The Hall–Kier alpha value is -1.90. The smallest absolute Gasteiger partial charge is 0.264 e. The molecule has 9 heteroatoms. The third-order valence-corrected chi connectivity index (χ3v) is 3.35. The normalized spacial score (nSPS) is 12.7. The molecule has 1 N–H and O–H groups in total. The van der Waals surface area contributed by atoms with Crippen LogP contribution in [0.5, 0.6) is 5.75 Å². The van der Waals surface area contributed by atoms with Gasteiger partial charge >= 0.3 is 0 Å². The van der Waals surface area contributed by atoms with Crippen LogP contribution in [0.2, 0.25) is 5.28 Å². The molecule has 2 rings (SSSR count). The molecule has 1 heterocycles. The fourth-order valence-electron chi connectivity index (χ4n) is 1.65. The number of hydrogen-bond donors (Lipinski definition) is 1. The number of nitrogens with zero attached hydrogens (tertiary/aromatic N) is 2. The van der Waals surface area contributed by atoms with Crippen molar-refractivity contribution in [1.29, 1.82) is 0 Å². The van der Waals surface area contributed by atoms with Gasteiger partial charge in [0.15, 0.2) is 11.6 Å². The molecule has 23 heavy (non-hydrogen) atoms. The van der Waals surface area contributed by atoms with Crippen molar-refractivity contribution >= 4 is 33.2 Å². The highest BCUT2D eigenvalue weighted by molar-refractivity contribution is 7.85. The molecule has 0 amide bonds. The van der Waals surface area contributed by atoms with Gasteiger partial charge in [-0.3, -0.25) is 4.18 Å².